The minimum atomic E-state index is 0.175. The quantitative estimate of drug-likeness (QED) is 0.711. The zero-order valence-electron chi connectivity index (χ0n) is 10.2. The fraction of sp³-hybridized carbons (Fsp3) is 0.200. The zero-order chi connectivity index (χ0) is 12.5. The Bertz CT molecular complexity index is 666. The van der Waals surface area contributed by atoms with Gasteiger partial charge >= 0.3 is 0 Å². The van der Waals surface area contributed by atoms with Crippen LogP contribution in [-0.2, 0) is 0 Å². The highest BCUT2D eigenvalue weighted by molar-refractivity contribution is 7.17. The maximum Gasteiger partial charge on any atom is 0.0387 e. The summed E-state index contributed by atoms with van der Waals surface area (Å²) in [6.07, 6.45) is 0.990. The smallest absolute Gasteiger partial charge is 0.0387 e. The van der Waals surface area contributed by atoms with Gasteiger partial charge in [0.25, 0.3) is 0 Å². The fourth-order valence-corrected chi connectivity index (χ4v) is 3.89. The van der Waals surface area contributed by atoms with Gasteiger partial charge in [-0.3, -0.25) is 0 Å². The maximum atomic E-state index is 6.07. The predicted molar refractivity (Wildman–Crippen MR) is 82.4 cm³/mol. The summed E-state index contributed by atoms with van der Waals surface area (Å²) >= 11 is 3.60. The maximum absolute atomic E-state index is 6.07. The van der Waals surface area contributed by atoms with Crippen molar-refractivity contribution in [3.05, 3.63) is 46.7 Å². The lowest BCUT2D eigenvalue weighted by atomic mass is 10.1. The molecule has 2 N–H and O–H groups in total. The normalized spacial score (nSPS) is 13.0. The lowest BCUT2D eigenvalue weighted by molar-refractivity contribution is 0.712. The molecule has 0 aliphatic carbocycles. The van der Waals surface area contributed by atoms with Gasteiger partial charge in [-0.1, -0.05) is 13.0 Å². The Labute approximate surface area is 115 Å². The summed E-state index contributed by atoms with van der Waals surface area (Å²) in [5, 5.41) is 3.47. The Kier molecular flexibility index (Phi) is 3.20. The third kappa shape index (κ3) is 2.09. The van der Waals surface area contributed by atoms with Gasteiger partial charge in [0.2, 0.25) is 0 Å². The van der Waals surface area contributed by atoms with Crippen molar-refractivity contribution in [1.82, 2.24) is 0 Å². The van der Waals surface area contributed by atoms with E-state index in [1.807, 2.05) is 11.3 Å². The molecule has 0 saturated heterocycles. The first-order valence-electron chi connectivity index (χ1n) is 6.11. The third-order valence-electron chi connectivity index (χ3n) is 3.17. The van der Waals surface area contributed by atoms with Crippen molar-refractivity contribution in [2.75, 3.05) is 0 Å². The monoisotopic (exact) mass is 273 g/mol. The highest BCUT2D eigenvalue weighted by atomic mass is 32.1. The van der Waals surface area contributed by atoms with Gasteiger partial charge in [-0.25, -0.2) is 0 Å². The summed E-state index contributed by atoms with van der Waals surface area (Å²) in [5.74, 6) is 0. The first kappa shape index (κ1) is 11.9. The lowest BCUT2D eigenvalue weighted by Gasteiger charge is -2.04. The molecular formula is C15H15NS2. The molecule has 0 aliphatic rings. The fourth-order valence-electron chi connectivity index (χ4n) is 2.03. The van der Waals surface area contributed by atoms with Crippen LogP contribution in [0.4, 0.5) is 0 Å². The molecular weight excluding hydrogens is 258 g/mol. The van der Waals surface area contributed by atoms with Crippen LogP contribution >= 0.6 is 22.7 Å². The Morgan fingerprint density at radius 3 is 2.89 bits per heavy atom. The summed E-state index contributed by atoms with van der Waals surface area (Å²) in [7, 11) is 0. The summed E-state index contributed by atoms with van der Waals surface area (Å²) in [5.41, 5.74) is 7.36. The van der Waals surface area contributed by atoms with E-state index in [0.717, 1.165) is 6.42 Å². The van der Waals surface area contributed by atoms with E-state index in [4.69, 9.17) is 5.73 Å². The molecule has 1 nitrogen and oxygen atoms in total. The van der Waals surface area contributed by atoms with Gasteiger partial charge < -0.3 is 5.73 Å². The van der Waals surface area contributed by atoms with Gasteiger partial charge in [-0.05, 0) is 53.1 Å². The lowest BCUT2D eigenvalue weighted by Crippen LogP contribution is -2.05. The van der Waals surface area contributed by atoms with Gasteiger partial charge in [0, 0.05) is 20.5 Å². The second kappa shape index (κ2) is 4.84. The van der Waals surface area contributed by atoms with Crippen LogP contribution in [0.3, 0.4) is 0 Å². The number of fused-ring (bicyclic) bond motifs is 1. The number of benzene rings is 1. The molecule has 3 rings (SSSR count). The molecule has 2 aromatic heterocycles. The minimum Gasteiger partial charge on any atom is -0.323 e. The number of rotatable bonds is 3. The van der Waals surface area contributed by atoms with Crippen LogP contribution in [0.2, 0.25) is 0 Å². The first-order chi connectivity index (χ1) is 8.78. The SMILES string of the molecule is CCC(N)c1ccc(-c2ccc3sccc3c2)s1. The van der Waals surface area contributed by atoms with Crippen LogP contribution < -0.4 is 5.73 Å². The molecule has 3 heteroatoms. The first-order valence-corrected chi connectivity index (χ1v) is 7.80. The number of hydrogen-bond acceptors (Lipinski definition) is 3. The Morgan fingerprint density at radius 2 is 2.06 bits per heavy atom. The van der Waals surface area contributed by atoms with Gasteiger partial charge in [0.05, 0.1) is 0 Å². The van der Waals surface area contributed by atoms with Gasteiger partial charge in [0.1, 0.15) is 0 Å². The summed E-state index contributed by atoms with van der Waals surface area (Å²) in [6.45, 7) is 2.13. The molecule has 2 heterocycles. The summed E-state index contributed by atoms with van der Waals surface area (Å²) in [6, 6.07) is 13.4. The molecule has 0 amide bonds. The number of hydrogen-bond donors (Lipinski definition) is 1. The molecule has 1 unspecified atom stereocenters. The van der Waals surface area contributed by atoms with E-state index in [0.29, 0.717) is 0 Å². The molecule has 18 heavy (non-hydrogen) atoms. The molecule has 3 aromatic rings. The van der Waals surface area contributed by atoms with Crippen LogP contribution in [-0.4, -0.2) is 0 Å². The van der Waals surface area contributed by atoms with Gasteiger partial charge in [0.15, 0.2) is 0 Å². The molecule has 0 bridgehead atoms. The second-order valence-electron chi connectivity index (χ2n) is 4.39. The van der Waals surface area contributed by atoms with Crippen molar-refractivity contribution >= 4 is 32.8 Å². The highest BCUT2D eigenvalue weighted by Crippen LogP contribution is 2.34. The molecule has 0 aliphatic heterocycles. The topological polar surface area (TPSA) is 26.0 Å². The summed E-state index contributed by atoms with van der Waals surface area (Å²) < 4.78 is 1.35. The van der Waals surface area contributed by atoms with Crippen LogP contribution in [0.5, 0.6) is 0 Å². The third-order valence-corrected chi connectivity index (χ3v) is 5.33. The van der Waals surface area contributed by atoms with E-state index in [2.05, 4.69) is 48.7 Å². The average Bonchev–Trinajstić information content (AvgIpc) is 3.05. The van der Waals surface area contributed by atoms with Crippen LogP contribution in [0, 0.1) is 0 Å². The minimum absolute atomic E-state index is 0.175. The molecule has 92 valence electrons. The molecule has 0 spiro atoms. The van der Waals surface area contributed by atoms with Crippen molar-refractivity contribution in [1.29, 1.82) is 0 Å². The van der Waals surface area contributed by atoms with Crippen LogP contribution in [0.15, 0.2) is 41.8 Å². The Morgan fingerprint density at radius 1 is 1.17 bits per heavy atom. The average molecular weight is 273 g/mol. The van der Waals surface area contributed by atoms with E-state index in [1.165, 1.54) is 25.4 Å². The van der Waals surface area contributed by atoms with E-state index in [-0.39, 0.29) is 6.04 Å². The van der Waals surface area contributed by atoms with Crippen molar-refractivity contribution in [2.24, 2.45) is 5.73 Å². The van der Waals surface area contributed by atoms with E-state index < -0.39 is 0 Å². The van der Waals surface area contributed by atoms with Crippen molar-refractivity contribution in [3.8, 4) is 10.4 Å². The number of nitrogens with two attached hydrogens (primary N) is 1. The molecule has 0 fully saturated rings. The van der Waals surface area contributed by atoms with E-state index in [1.54, 1.807) is 11.3 Å². The van der Waals surface area contributed by atoms with Crippen LogP contribution in [0.25, 0.3) is 20.5 Å². The van der Waals surface area contributed by atoms with Crippen molar-refractivity contribution in [3.63, 3.8) is 0 Å². The number of thiophene rings is 2. The molecule has 0 saturated carbocycles. The largest absolute Gasteiger partial charge is 0.323 e. The van der Waals surface area contributed by atoms with Gasteiger partial charge in [-0.2, -0.15) is 0 Å². The Balaban J connectivity index is 2.00. The van der Waals surface area contributed by atoms with Crippen molar-refractivity contribution < 1.29 is 0 Å². The van der Waals surface area contributed by atoms with E-state index in [9.17, 15) is 0 Å². The van der Waals surface area contributed by atoms with E-state index >= 15 is 0 Å². The highest BCUT2D eigenvalue weighted by Gasteiger charge is 2.08. The van der Waals surface area contributed by atoms with Gasteiger partial charge in [-0.15, -0.1) is 22.7 Å². The standard InChI is InChI=1S/C15H15NS2/c1-2-12(16)15-6-5-14(18-15)10-3-4-13-11(9-10)7-8-17-13/h3-9,12H,2,16H2,1H3. The second-order valence-corrected chi connectivity index (χ2v) is 6.45. The zero-order valence-corrected chi connectivity index (χ0v) is 11.9. The molecule has 1 aromatic carbocycles. The molecule has 0 radical (unpaired) electrons. The van der Waals surface area contributed by atoms with Crippen molar-refractivity contribution in [2.45, 2.75) is 19.4 Å². The Hall–Kier alpha value is -1.16. The predicted octanol–water partition coefficient (Wildman–Crippen LogP) is 5.04. The summed E-state index contributed by atoms with van der Waals surface area (Å²) in [4.78, 5) is 2.58. The van der Waals surface area contributed by atoms with Crippen LogP contribution in [0.1, 0.15) is 24.3 Å². The molecule has 1 atom stereocenters.